The average molecular weight is 1100 g/mol. The molecule has 1 fully saturated rings. The number of hydrogen-bond acceptors (Lipinski definition) is 15. The van der Waals surface area contributed by atoms with Crippen LogP contribution in [0.1, 0.15) is 110 Å². The van der Waals surface area contributed by atoms with Crippen molar-refractivity contribution >= 4 is 77.0 Å². The van der Waals surface area contributed by atoms with Gasteiger partial charge in [0.15, 0.2) is 5.96 Å². The zero-order valence-electron chi connectivity index (χ0n) is 44.3. The molecule has 0 spiro atoms. The van der Waals surface area contributed by atoms with Gasteiger partial charge in [-0.2, -0.15) is 0 Å². The molecule has 1 aliphatic heterocycles. The molecule has 21 N–H and O–H groups in total. The van der Waals surface area contributed by atoms with Crippen LogP contribution < -0.4 is 71.6 Å². The van der Waals surface area contributed by atoms with E-state index in [1.165, 1.54) is 11.8 Å². The van der Waals surface area contributed by atoms with E-state index in [1.807, 2.05) is 0 Å². The molecule has 1 heterocycles. The van der Waals surface area contributed by atoms with Crippen molar-refractivity contribution in [1.82, 2.24) is 42.1 Å². The molecule has 1 aliphatic rings. The highest BCUT2D eigenvalue weighted by Gasteiger charge is 2.40. The van der Waals surface area contributed by atoms with Crippen molar-refractivity contribution in [1.29, 1.82) is 0 Å². The first-order valence-electron chi connectivity index (χ1n) is 25.8. The number of nitrogens with two attached hydrogens (primary N) is 6. The molecule has 0 aromatic heterocycles. The average Bonchev–Trinajstić information content (AvgIpc) is 3.88. The summed E-state index contributed by atoms with van der Waals surface area (Å²) < 4.78 is 0. The van der Waals surface area contributed by atoms with E-state index >= 15 is 0 Å². The Hall–Kier alpha value is -7.95. The van der Waals surface area contributed by atoms with E-state index in [9.17, 15) is 67.7 Å². The number of unbranched alkanes of at least 4 members (excludes halogenated alkanes) is 1. The molecule has 29 heteroatoms. The number of guanidine groups is 1. The molecule has 434 valence electrons. The van der Waals surface area contributed by atoms with Gasteiger partial charge >= 0.3 is 11.9 Å². The molecule has 1 saturated heterocycles. The topological polar surface area (TPSA) is 501 Å². The summed E-state index contributed by atoms with van der Waals surface area (Å²) in [6.45, 7) is 5.03. The van der Waals surface area contributed by atoms with Crippen LogP contribution in [-0.2, 0) is 64.0 Å². The molecule has 0 radical (unpaired) electrons. The minimum absolute atomic E-state index is 0.0231. The number of carbonyl (C=O) groups excluding carboxylic acids is 10. The van der Waals surface area contributed by atoms with E-state index in [-0.39, 0.29) is 51.3 Å². The Kier molecular flexibility index (Phi) is 28.8. The van der Waals surface area contributed by atoms with Crippen LogP contribution in [0, 0.1) is 5.92 Å². The molecule has 0 bridgehead atoms. The summed E-state index contributed by atoms with van der Waals surface area (Å²) in [4.78, 5) is 163. The second kappa shape index (κ2) is 33.9. The maximum absolute atomic E-state index is 14.2. The number of primary amides is 2. The maximum atomic E-state index is 14.2. The third kappa shape index (κ3) is 23.5. The van der Waals surface area contributed by atoms with Gasteiger partial charge in [-0.1, -0.05) is 50.6 Å². The van der Waals surface area contributed by atoms with E-state index < -0.39 is 163 Å². The summed E-state index contributed by atoms with van der Waals surface area (Å²) in [6, 6.07) is -4.17. The van der Waals surface area contributed by atoms with E-state index in [2.05, 4.69) is 42.2 Å². The molecule has 10 amide bonds. The van der Waals surface area contributed by atoms with Crippen molar-refractivity contribution < 1.29 is 67.7 Å². The number of rotatable bonds is 36. The lowest BCUT2D eigenvalue weighted by Gasteiger charge is -2.30. The van der Waals surface area contributed by atoms with Crippen LogP contribution >= 0.6 is 0 Å². The fourth-order valence-corrected chi connectivity index (χ4v) is 8.17. The molecular formula is C49H79N15O14. The van der Waals surface area contributed by atoms with Crippen LogP contribution in [0.2, 0.25) is 0 Å². The normalized spacial score (nSPS) is 16.4. The first-order valence-corrected chi connectivity index (χ1v) is 25.8. The van der Waals surface area contributed by atoms with Crippen molar-refractivity contribution in [3.8, 4) is 0 Å². The highest BCUT2D eigenvalue weighted by atomic mass is 16.4. The zero-order valence-corrected chi connectivity index (χ0v) is 44.3. The molecule has 1 aromatic rings. The number of nitrogens with one attached hydrogen (secondary N) is 7. The number of hydrogen-bond donors (Lipinski definition) is 15. The second-order valence-corrected chi connectivity index (χ2v) is 19.1. The molecule has 10 atom stereocenters. The van der Waals surface area contributed by atoms with Gasteiger partial charge in [0.25, 0.3) is 0 Å². The van der Waals surface area contributed by atoms with Crippen molar-refractivity contribution in [3.05, 3.63) is 35.9 Å². The van der Waals surface area contributed by atoms with Crippen LogP contribution in [0.3, 0.4) is 0 Å². The third-order valence-electron chi connectivity index (χ3n) is 12.8. The number of carboxylic acids is 2. The monoisotopic (exact) mass is 1100 g/mol. The van der Waals surface area contributed by atoms with Gasteiger partial charge < -0.3 is 86.7 Å². The number of carboxylic acid groups (broad SMARTS) is 2. The highest BCUT2D eigenvalue weighted by molar-refractivity contribution is 5.99. The quantitative estimate of drug-likeness (QED) is 0.0170. The number of benzene rings is 1. The maximum Gasteiger partial charge on any atom is 0.326 e. The van der Waals surface area contributed by atoms with Crippen LogP contribution in [-0.4, -0.2) is 166 Å². The van der Waals surface area contributed by atoms with Gasteiger partial charge in [0.1, 0.15) is 48.3 Å². The number of aliphatic imine (C=N–C) groups is 1. The second-order valence-electron chi connectivity index (χ2n) is 19.1. The fourth-order valence-electron chi connectivity index (χ4n) is 8.17. The predicted molar refractivity (Wildman–Crippen MR) is 281 cm³/mol. The van der Waals surface area contributed by atoms with Crippen LogP contribution in [0.5, 0.6) is 0 Å². The minimum Gasteiger partial charge on any atom is -0.481 e. The first-order chi connectivity index (χ1) is 36.8. The predicted octanol–water partition coefficient (Wildman–Crippen LogP) is -4.72. The van der Waals surface area contributed by atoms with Crippen molar-refractivity contribution in [3.63, 3.8) is 0 Å². The molecule has 2 rings (SSSR count). The van der Waals surface area contributed by atoms with Crippen LogP contribution in [0.25, 0.3) is 0 Å². The summed E-state index contributed by atoms with van der Waals surface area (Å²) >= 11 is 0. The summed E-state index contributed by atoms with van der Waals surface area (Å²) in [7, 11) is 0. The number of nitrogens with zero attached hydrogens (tertiary/aromatic N) is 2. The van der Waals surface area contributed by atoms with Gasteiger partial charge in [-0.05, 0) is 82.7 Å². The molecule has 0 unspecified atom stereocenters. The largest absolute Gasteiger partial charge is 0.481 e. The lowest BCUT2D eigenvalue weighted by molar-refractivity contribution is -0.145. The van der Waals surface area contributed by atoms with Gasteiger partial charge in [-0.15, -0.1) is 0 Å². The molecule has 0 aliphatic carbocycles. The van der Waals surface area contributed by atoms with Crippen LogP contribution in [0.4, 0.5) is 0 Å². The van der Waals surface area contributed by atoms with E-state index in [1.54, 1.807) is 44.2 Å². The summed E-state index contributed by atoms with van der Waals surface area (Å²) in [6.07, 6.45) is -0.921. The summed E-state index contributed by atoms with van der Waals surface area (Å²) in [5.74, 6) is -12.7. The van der Waals surface area contributed by atoms with Crippen LogP contribution in [0.15, 0.2) is 35.3 Å². The van der Waals surface area contributed by atoms with Gasteiger partial charge in [0.2, 0.25) is 59.1 Å². The number of likely N-dealkylation sites (tertiary alicyclic amines) is 1. The Morgan fingerprint density at radius 2 is 1.24 bits per heavy atom. The summed E-state index contributed by atoms with van der Waals surface area (Å²) in [5.41, 5.74) is 33.9. The molecule has 78 heavy (non-hydrogen) atoms. The van der Waals surface area contributed by atoms with Crippen molar-refractivity contribution in [2.75, 3.05) is 19.6 Å². The summed E-state index contributed by atoms with van der Waals surface area (Å²) in [5, 5.41) is 36.5. The highest BCUT2D eigenvalue weighted by Crippen LogP contribution is 2.21. The Morgan fingerprint density at radius 1 is 0.654 bits per heavy atom. The molecule has 29 nitrogen and oxygen atoms in total. The van der Waals surface area contributed by atoms with Gasteiger partial charge in [-0.25, -0.2) is 4.79 Å². The van der Waals surface area contributed by atoms with E-state index in [0.717, 1.165) is 0 Å². The van der Waals surface area contributed by atoms with Gasteiger partial charge in [0, 0.05) is 32.4 Å². The lowest BCUT2D eigenvalue weighted by Crippen LogP contribution is -2.60. The third-order valence-corrected chi connectivity index (χ3v) is 12.8. The van der Waals surface area contributed by atoms with Crippen molar-refractivity contribution in [2.24, 2.45) is 45.3 Å². The number of amides is 10. The minimum atomic E-state index is -1.80. The standard InChI is InChI=1S/C49H79N15O14/c1-4-26(2)39(63-41(70)29(51)14-10-22-56-49(54)55)46(75)59-31(18-20-38(67)68)42(71)57-27(3)40(69)58-30(17-19-36(52)65)43(72)61-33(25-37(53)66)44(73)60-32(15-8-9-21-50)47(76)64-23-11-16-35(64)45(74)62-34(48(77)78)24-28-12-6-5-7-13-28/h5-7,12-13,26-27,29-35,39H,4,8-11,14-25,50-51H2,1-3H3,(H2,52,65)(H2,53,66)(H,57,71)(H,58,69)(H,59,75)(H,60,73)(H,61,72)(H,62,74)(H,63,70)(H,67,68)(H,77,78)(H4,54,55,56)/t26-,27-,29-,30-,31-,32-,33-,34-,35-,39-/m0/s1. The van der Waals surface area contributed by atoms with E-state index in [4.69, 9.17) is 34.4 Å². The van der Waals surface area contributed by atoms with Gasteiger partial charge in [0.05, 0.1) is 12.5 Å². The number of aliphatic carboxylic acids is 2. The smallest absolute Gasteiger partial charge is 0.326 e. The lowest BCUT2D eigenvalue weighted by atomic mass is 9.96. The Bertz CT molecular complexity index is 2290. The Balaban J connectivity index is 2.31. The van der Waals surface area contributed by atoms with Gasteiger partial charge in [-0.3, -0.25) is 57.7 Å². The molecule has 0 saturated carbocycles. The number of carbonyl (C=O) groups is 12. The Labute approximate surface area is 451 Å². The fraction of sp³-hybridized carbons (Fsp3) is 0.612. The SMILES string of the molecule is CC[C@H](C)[C@H](NC(=O)[C@@H](N)CCCN=C(N)N)C(=O)N[C@@H](CCC(=O)O)C(=O)N[C@@H](C)C(=O)N[C@@H](CCC(N)=O)C(=O)N[C@@H](CC(N)=O)C(=O)N[C@@H](CCCCN)C(=O)N1CCC[C@H]1C(=O)N[C@@H](Cc1ccccc1)C(=O)O. The Morgan fingerprint density at radius 3 is 1.82 bits per heavy atom. The first kappa shape index (κ1) is 66.2. The molecular weight excluding hydrogens is 1020 g/mol. The van der Waals surface area contributed by atoms with E-state index in [0.29, 0.717) is 37.7 Å². The molecule has 1 aromatic carbocycles. The van der Waals surface area contributed by atoms with Crippen molar-refractivity contribution in [2.45, 2.75) is 165 Å². The zero-order chi connectivity index (χ0) is 58.6.